The summed E-state index contributed by atoms with van der Waals surface area (Å²) in [7, 11) is 0. The fourth-order valence-corrected chi connectivity index (χ4v) is 4.99. The molecule has 1 saturated heterocycles. The van der Waals surface area contributed by atoms with Crippen LogP contribution in [0.2, 0.25) is 0 Å². The molecule has 1 amide bonds. The Bertz CT molecular complexity index is 1340. The van der Waals surface area contributed by atoms with Gasteiger partial charge in [-0.2, -0.15) is 5.10 Å². The van der Waals surface area contributed by atoms with Crippen LogP contribution in [0.1, 0.15) is 34.8 Å². The summed E-state index contributed by atoms with van der Waals surface area (Å²) in [6.07, 6.45) is 2.30. The fourth-order valence-electron chi connectivity index (χ4n) is 4.99. The Kier molecular flexibility index (Phi) is 6.88. The van der Waals surface area contributed by atoms with Crippen LogP contribution in [0, 0.1) is 5.92 Å². The van der Waals surface area contributed by atoms with Gasteiger partial charge in [-0.05, 0) is 66.8 Å². The quantitative estimate of drug-likeness (QED) is 0.347. The summed E-state index contributed by atoms with van der Waals surface area (Å²) < 4.78 is 11.4. The minimum atomic E-state index is -0.0566. The normalized spacial score (nSPS) is 17.0. The van der Waals surface area contributed by atoms with Crippen molar-refractivity contribution in [2.75, 3.05) is 39.5 Å². The molecular weight excluding hydrogens is 464 g/mol. The standard InChI is InChI=1S/C30H32N4O3/c35-30(31-28(22-6-7-22)21-4-2-1-3-5-21)24-10-13-27-26(20-24)29(33-32-27)23-8-11-25(12-9-23)37-19-16-34-14-17-36-18-15-34/h1-5,8-13,20,22,28H,6-7,14-19H2,(H,31,35)(H,32,33). The van der Waals surface area contributed by atoms with Gasteiger partial charge in [-0.25, -0.2) is 0 Å². The average molecular weight is 497 g/mol. The summed E-state index contributed by atoms with van der Waals surface area (Å²) in [5, 5.41) is 11.9. The number of hydrogen-bond acceptors (Lipinski definition) is 5. The largest absolute Gasteiger partial charge is 0.492 e. The zero-order valence-electron chi connectivity index (χ0n) is 20.9. The van der Waals surface area contributed by atoms with Crippen LogP contribution in [0.4, 0.5) is 0 Å². The molecule has 1 unspecified atom stereocenters. The summed E-state index contributed by atoms with van der Waals surface area (Å²) in [6.45, 7) is 5.05. The molecule has 0 radical (unpaired) electrons. The predicted molar refractivity (Wildman–Crippen MR) is 144 cm³/mol. The van der Waals surface area contributed by atoms with Crippen LogP contribution in [0.15, 0.2) is 72.8 Å². The number of benzene rings is 3. The van der Waals surface area contributed by atoms with Crippen LogP contribution in [0.25, 0.3) is 22.2 Å². The Morgan fingerprint density at radius 3 is 2.59 bits per heavy atom. The minimum Gasteiger partial charge on any atom is -0.492 e. The van der Waals surface area contributed by atoms with Gasteiger partial charge in [0.15, 0.2) is 0 Å². The molecule has 1 aromatic heterocycles. The average Bonchev–Trinajstić information content (AvgIpc) is 3.71. The van der Waals surface area contributed by atoms with Crippen molar-refractivity contribution in [3.8, 4) is 17.0 Å². The number of fused-ring (bicyclic) bond motifs is 1. The third-order valence-electron chi connectivity index (χ3n) is 7.27. The van der Waals surface area contributed by atoms with Crippen LogP contribution in [-0.2, 0) is 4.74 Å². The zero-order chi connectivity index (χ0) is 25.0. The van der Waals surface area contributed by atoms with Gasteiger partial charge in [0.2, 0.25) is 0 Å². The Morgan fingerprint density at radius 2 is 1.84 bits per heavy atom. The summed E-state index contributed by atoms with van der Waals surface area (Å²) in [5.41, 5.74) is 4.51. The number of rotatable bonds is 9. The van der Waals surface area contributed by atoms with Gasteiger partial charge in [0.25, 0.3) is 5.91 Å². The van der Waals surface area contributed by atoms with E-state index in [4.69, 9.17) is 9.47 Å². The number of amides is 1. The van der Waals surface area contributed by atoms with Gasteiger partial charge in [0.05, 0.1) is 30.5 Å². The first-order chi connectivity index (χ1) is 18.2. The highest BCUT2D eigenvalue weighted by Gasteiger charge is 2.33. The van der Waals surface area contributed by atoms with Gasteiger partial charge in [-0.1, -0.05) is 30.3 Å². The Morgan fingerprint density at radius 1 is 1.05 bits per heavy atom. The molecule has 7 heteroatoms. The van der Waals surface area contributed by atoms with E-state index in [1.54, 1.807) is 0 Å². The lowest BCUT2D eigenvalue weighted by Crippen LogP contribution is -2.38. The van der Waals surface area contributed by atoms with Gasteiger partial charge in [-0.15, -0.1) is 0 Å². The monoisotopic (exact) mass is 496 g/mol. The minimum absolute atomic E-state index is 0.0454. The molecule has 2 N–H and O–H groups in total. The molecule has 1 aliphatic heterocycles. The van der Waals surface area contributed by atoms with Crippen molar-refractivity contribution in [2.24, 2.45) is 5.92 Å². The van der Waals surface area contributed by atoms with E-state index < -0.39 is 0 Å². The van der Waals surface area contributed by atoms with Gasteiger partial charge >= 0.3 is 0 Å². The van der Waals surface area contributed by atoms with Crippen molar-refractivity contribution in [2.45, 2.75) is 18.9 Å². The second-order valence-corrected chi connectivity index (χ2v) is 9.86. The third-order valence-corrected chi connectivity index (χ3v) is 7.27. The van der Waals surface area contributed by atoms with Crippen molar-refractivity contribution in [1.82, 2.24) is 20.4 Å². The number of hydrogen-bond donors (Lipinski definition) is 2. The first-order valence-corrected chi connectivity index (χ1v) is 13.1. The zero-order valence-corrected chi connectivity index (χ0v) is 20.9. The van der Waals surface area contributed by atoms with Crippen LogP contribution >= 0.6 is 0 Å². The smallest absolute Gasteiger partial charge is 0.251 e. The second-order valence-electron chi connectivity index (χ2n) is 9.86. The lowest BCUT2D eigenvalue weighted by atomic mass is 10.0. The summed E-state index contributed by atoms with van der Waals surface area (Å²) in [4.78, 5) is 15.6. The highest BCUT2D eigenvalue weighted by Crippen LogP contribution is 2.41. The van der Waals surface area contributed by atoms with Gasteiger partial charge in [0.1, 0.15) is 12.4 Å². The SMILES string of the molecule is O=C(NC(c1ccccc1)C1CC1)c1ccc2[nH]nc(-c3ccc(OCCN4CCOCC4)cc3)c2c1. The number of aromatic amines is 1. The summed E-state index contributed by atoms with van der Waals surface area (Å²) in [5.74, 6) is 1.29. The number of carbonyl (C=O) groups is 1. The van der Waals surface area contributed by atoms with E-state index >= 15 is 0 Å². The molecule has 0 spiro atoms. The van der Waals surface area contributed by atoms with Crippen LogP contribution in [0.5, 0.6) is 5.75 Å². The Labute approximate surface area is 216 Å². The van der Waals surface area contributed by atoms with Crippen molar-refractivity contribution in [3.63, 3.8) is 0 Å². The van der Waals surface area contributed by atoms with Crippen molar-refractivity contribution in [3.05, 3.63) is 83.9 Å². The number of H-pyrrole nitrogens is 1. The highest BCUT2D eigenvalue weighted by molar-refractivity contribution is 6.01. The van der Waals surface area contributed by atoms with Crippen LogP contribution < -0.4 is 10.1 Å². The Hall–Kier alpha value is -3.68. The van der Waals surface area contributed by atoms with E-state index in [1.807, 2.05) is 60.7 Å². The molecule has 1 aliphatic carbocycles. The first-order valence-electron chi connectivity index (χ1n) is 13.1. The number of aromatic nitrogens is 2. The third kappa shape index (κ3) is 5.53. The summed E-state index contributed by atoms with van der Waals surface area (Å²) in [6, 6.07) is 24.0. The maximum atomic E-state index is 13.3. The van der Waals surface area contributed by atoms with E-state index in [0.29, 0.717) is 18.1 Å². The molecule has 37 heavy (non-hydrogen) atoms. The van der Waals surface area contributed by atoms with Crippen LogP contribution in [-0.4, -0.2) is 60.5 Å². The molecule has 2 fully saturated rings. The molecule has 6 rings (SSSR count). The van der Waals surface area contributed by atoms with E-state index in [9.17, 15) is 4.79 Å². The number of nitrogens with one attached hydrogen (secondary N) is 2. The number of carbonyl (C=O) groups excluding carboxylic acids is 1. The molecule has 0 bridgehead atoms. The molecule has 2 heterocycles. The second kappa shape index (κ2) is 10.7. The maximum Gasteiger partial charge on any atom is 0.251 e. The maximum absolute atomic E-state index is 13.3. The van der Waals surface area contributed by atoms with Crippen LogP contribution in [0.3, 0.4) is 0 Å². The molecule has 3 aromatic carbocycles. The van der Waals surface area contributed by atoms with E-state index in [-0.39, 0.29) is 11.9 Å². The molecule has 2 aliphatic rings. The molecule has 4 aromatic rings. The van der Waals surface area contributed by atoms with Crippen molar-refractivity contribution >= 4 is 16.8 Å². The lowest BCUT2D eigenvalue weighted by molar-refractivity contribution is 0.0322. The first kappa shape index (κ1) is 23.7. The fraction of sp³-hybridized carbons (Fsp3) is 0.333. The molecule has 7 nitrogen and oxygen atoms in total. The van der Waals surface area contributed by atoms with E-state index in [2.05, 4.69) is 32.5 Å². The lowest BCUT2D eigenvalue weighted by Gasteiger charge is -2.26. The van der Waals surface area contributed by atoms with E-state index in [0.717, 1.165) is 79.2 Å². The molecule has 190 valence electrons. The van der Waals surface area contributed by atoms with Crippen molar-refractivity contribution in [1.29, 1.82) is 0 Å². The van der Waals surface area contributed by atoms with Gasteiger partial charge in [0, 0.05) is 36.1 Å². The number of nitrogens with zero attached hydrogens (tertiary/aromatic N) is 2. The summed E-state index contributed by atoms with van der Waals surface area (Å²) >= 11 is 0. The van der Waals surface area contributed by atoms with Gasteiger partial charge in [-0.3, -0.25) is 14.8 Å². The Balaban J connectivity index is 1.15. The number of ether oxygens (including phenoxy) is 2. The molecule has 1 atom stereocenters. The van der Waals surface area contributed by atoms with Crippen molar-refractivity contribution < 1.29 is 14.3 Å². The van der Waals surface area contributed by atoms with Gasteiger partial charge < -0.3 is 14.8 Å². The molecular formula is C30H32N4O3. The number of morpholine rings is 1. The molecule has 1 saturated carbocycles. The topological polar surface area (TPSA) is 79.5 Å². The predicted octanol–water partition coefficient (Wildman–Crippen LogP) is 4.82. The highest BCUT2D eigenvalue weighted by atomic mass is 16.5. The van der Waals surface area contributed by atoms with E-state index in [1.165, 1.54) is 0 Å².